The molecular weight excluding hydrogens is 454 g/mol. The molecule has 0 fully saturated rings. The number of anilines is 2. The summed E-state index contributed by atoms with van der Waals surface area (Å²) < 4.78 is 39.3. The van der Waals surface area contributed by atoms with Crippen molar-refractivity contribution in [3.8, 4) is 17.6 Å². The summed E-state index contributed by atoms with van der Waals surface area (Å²) in [6.45, 7) is 3.59. The molecule has 0 heterocycles. The molecule has 0 saturated carbocycles. The van der Waals surface area contributed by atoms with E-state index in [9.17, 15) is 13.2 Å². The lowest BCUT2D eigenvalue weighted by molar-refractivity contribution is -0.114. The van der Waals surface area contributed by atoms with Gasteiger partial charge in [0.05, 0.1) is 31.0 Å². The molecule has 0 bridgehead atoms. The minimum absolute atomic E-state index is 0.0526. The Morgan fingerprint density at radius 1 is 1.09 bits per heavy atom. The van der Waals surface area contributed by atoms with Gasteiger partial charge in [0.15, 0.2) is 0 Å². The number of nitriles is 1. The number of sulfonamides is 1. The van der Waals surface area contributed by atoms with Crippen molar-refractivity contribution < 1.29 is 22.7 Å². The van der Waals surface area contributed by atoms with Gasteiger partial charge < -0.3 is 14.8 Å². The van der Waals surface area contributed by atoms with E-state index in [-0.39, 0.29) is 16.3 Å². The molecule has 3 aromatic rings. The molecule has 0 aromatic heterocycles. The molecule has 34 heavy (non-hydrogen) atoms. The van der Waals surface area contributed by atoms with Crippen LogP contribution in [-0.4, -0.2) is 34.6 Å². The lowest BCUT2D eigenvalue weighted by Gasteiger charge is -2.25. The highest BCUT2D eigenvalue weighted by Crippen LogP contribution is 2.31. The standard InChI is InChI=1S/C25H25N3O5S/c1-4-33-22-11-9-21(10-12-22)28(17-25(29)27-20-7-5-6-19(15-20)16-26)34(30,31)24-14-18(2)8-13-23(24)32-3/h5-15H,4,17H2,1-3H3,(H,27,29). The molecule has 9 heteroatoms. The van der Waals surface area contributed by atoms with Gasteiger partial charge in [-0.05, 0) is 74.0 Å². The Morgan fingerprint density at radius 3 is 2.47 bits per heavy atom. The topological polar surface area (TPSA) is 109 Å². The zero-order chi connectivity index (χ0) is 24.7. The molecule has 3 rings (SSSR count). The molecule has 0 saturated heterocycles. The quantitative estimate of drug-likeness (QED) is 0.495. The molecule has 0 aliphatic carbocycles. The fourth-order valence-electron chi connectivity index (χ4n) is 3.29. The van der Waals surface area contributed by atoms with Gasteiger partial charge in [-0.3, -0.25) is 9.10 Å². The van der Waals surface area contributed by atoms with Crippen molar-refractivity contribution in [3.63, 3.8) is 0 Å². The van der Waals surface area contributed by atoms with Gasteiger partial charge in [0.25, 0.3) is 10.0 Å². The summed E-state index contributed by atoms with van der Waals surface area (Å²) in [5, 5.41) is 11.7. The van der Waals surface area contributed by atoms with Crippen LogP contribution in [0.2, 0.25) is 0 Å². The van der Waals surface area contributed by atoms with Gasteiger partial charge in [0.2, 0.25) is 5.91 Å². The van der Waals surface area contributed by atoms with Crippen molar-refractivity contribution in [3.05, 3.63) is 77.9 Å². The molecule has 0 radical (unpaired) electrons. The number of methoxy groups -OCH3 is 1. The van der Waals surface area contributed by atoms with Gasteiger partial charge in [-0.1, -0.05) is 12.1 Å². The number of nitrogens with one attached hydrogen (secondary N) is 1. The first-order valence-corrected chi connectivity index (χ1v) is 11.9. The van der Waals surface area contributed by atoms with Crippen LogP contribution in [0, 0.1) is 18.3 Å². The highest BCUT2D eigenvalue weighted by Gasteiger charge is 2.30. The number of rotatable bonds is 9. The normalized spacial score (nSPS) is 10.8. The van der Waals surface area contributed by atoms with Crippen LogP contribution >= 0.6 is 0 Å². The number of carbonyl (C=O) groups excluding carboxylic acids is 1. The van der Waals surface area contributed by atoms with Crippen molar-refractivity contribution in [2.24, 2.45) is 0 Å². The van der Waals surface area contributed by atoms with Crippen LogP contribution in [-0.2, 0) is 14.8 Å². The van der Waals surface area contributed by atoms with Gasteiger partial charge in [-0.15, -0.1) is 0 Å². The monoisotopic (exact) mass is 479 g/mol. The van der Waals surface area contributed by atoms with Crippen LogP contribution in [0.3, 0.4) is 0 Å². The van der Waals surface area contributed by atoms with Crippen LogP contribution in [0.5, 0.6) is 11.5 Å². The van der Waals surface area contributed by atoms with Gasteiger partial charge in [-0.25, -0.2) is 8.42 Å². The summed E-state index contributed by atoms with van der Waals surface area (Å²) >= 11 is 0. The van der Waals surface area contributed by atoms with Crippen molar-refractivity contribution in [2.75, 3.05) is 29.9 Å². The van der Waals surface area contributed by atoms with E-state index in [1.807, 2.05) is 13.0 Å². The van der Waals surface area contributed by atoms with Gasteiger partial charge in [0.1, 0.15) is 22.9 Å². The number of ether oxygens (including phenoxy) is 2. The number of hydrogen-bond acceptors (Lipinski definition) is 6. The fraction of sp³-hybridized carbons (Fsp3) is 0.200. The highest BCUT2D eigenvalue weighted by atomic mass is 32.2. The first-order valence-electron chi connectivity index (χ1n) is 10.5. The van der Waals surface area contributed by atoms with Crippen molar-refractivity contribution >= 4 is 27.3 Å². The molecular formula is C25H25N3O5S. The van der Waals surface area contributed by atoms with Crippen LogP contribution in [0.1, 0.15) is 18.1 Å². The van der Waals surface area contributed by atoms with E-state index in [1.54, 1.807) is 61.5 Å². The van der Waals surface area contributed by atoms with Crippen LogP contribution in [0.25, 0.3) is 0 Å². The molecule has 1 N–H and O–H groups in total. The summed E-state index contributed by atoms with van der Waals surface area (Å²) in [6, 6.07) is 19.6. The number of hydrogen-bond donors (Lipinski definition) is 1. The van der Waals surface area contributed by atoms with Gasteiger partial charge in [0, 0.05) is 5.69 Å². The highest BCUT2D eigenvalue weighted by molar-refractivity contribution is 7.93. The Kier molecular flexibility index (Phi) is 7.76. The predicted octanol–water partition coefficient (Wildman–Crippen LogP) is 4.11. The summed E-state index contributed by atoms with van der Waals surface area (Å²) in [7, 11) is -2.80. The molecule has 1 amide bonds. The minimum atomic E-state index is -4.19. The molecule has 176 valence electrons. The second-order valence-corrected chi connectivity index (χ2v) is 9.16. The van der Waals surface area contributed by atoms with E-state index >= 15 is 0 Å². The van der Waals surface area contributed by atoms with Crippen LogP contribution in [0.4, 0.5) is 11.4 Å². The largest absolute Gasteiger partial charge is 0.495 e. The van der Waals surface area contributed by atoms with Crippen molar-refractivity contribution in [1.29, 1.82) is 5.26 Å². The van der Waals surface area contributed by atoms with E-state index < -0.39 is 22.5 Å². The first-order chi connectivity index (χ1) is 16.3. The predicted molar refractivity (Wildman–Crippen MR) is 130 cm³/mol. The van der Waals surface area contributed by atoms with Crippen LogP contribution in [0.15, 0.2) is 71.6 Å². The van der Waals surface area contributed by atoms with Gasteiger partial charge in [-0.2, -0.15) is 5.26 Å². The number of nitrogens with zero attached hydrogens (tertiary/aromatic N) is 2. The number of carbonyl (C=O) groups is 1. The number of benzene rings is 3. The van der Waals surface area contributed by atoms with Crippen molar-refractivity contribution in [2.45, 2.75) is 18.7 Å². The molecule has 8 nitrogen and oxygen atoms in total. The maximum absolute atomic E-state index is 13.8. The Bertz CT molecular complexity index is 1320. The SMILES string of the molecule is CCOc1ccc(N(CC(=O)Nc2cccc(C#N)c2)S(=O)(=O)c2cc(C)ccc2OC)cc1. The number of amides is 1. The van der Waals surface area contributed by atoms with E-state index in [1.165, 1.54) is 19.2 Å². The average molecular weight is 480 g/mol. The second kappa shape index (κ2) is 10.7. The fourth-order valence-corrected chi connectivity index (χ4v) is 4.96. The molecule has 0 spiro atoms. The van der Waals surface area contributed by atoms with E-state index in [2.05, 4.69) is 5.32 Å². The Labute approximate surface area is 199 Å². The lowest BCUT2D eigenvalue weighted by Crippen LogP contribution is -2.38. The third kappa shape index (κ3) is 5.66. The smallest absolute Gasteiger partial charge is 0.268 e. The lowest BCUT2D eigenvalue weighted by atomic mass is 10.2. The zero-order valence-corrected chi connectivity index (χ0v) is 19.9. The average Bonchev–Trinajstić information content (AvgIpc) is 2.83. The van der Waals surface area contributed by atoms with Gasteiger partial charge >= 0.3 is 0 Å². The maximum Gasteiger partial charge on any atom is 0.268 e. The number of aryl methyl sites for hydroxylation is 1. The van der Waals surface area contributed by atoms with E-state index in [0.717, 1.165) is 9.87 Å². The molecule has 0 atom stereocenters. The summed E-state index contributed by atoms with van der Waals surface area (Å²) in [5.41, 5.74) is 1.77. The minimum Gasteiger partial charge on any atom is -0.495 e. The summed E-state index contributed by atoms with van der Waals surface area (Å²) in [4.78, 5) is 12.9. The molecule has 0 aliphatic rings. The Morgan fingerprint density at radius 2 is 1.82 bits per heavy atom. The van der Waals surface area contributed by atoms with E-state index in [4.69, 9.17) is 14.7 Å². The molecule has 3 aromatic carbocycles. The summed E-state index contributed by atoms with van der Waals surface area (Å²) in [5.74, 6) is 0.178. The first kappa shape index (κ1) is 24.6. The van der Waals surface area contributed by atoms with E-state index in [0.29, 0.717) is 23.6 Å². The Hall–Kier alpha value is -4.03. The third-order valence-corrected chi connectivity index (χ3v) is 6.68. The van der Waals surface area contributed by atoms with Crippen LogP contribution < -0.4 is 19.1 Å². The molecule has 0 aliphatic heterocycles. The zero-order valence-electron chi connectivity index (χ0n) is 19.1. The third-order valence-electron chi connectivity index (χ3n) is 4.89. The molecule has 0 unspecified atom stereocenters. The second-order valence-electron chi connectivity index (χ2n) is 7.33. The Balaban J connectivity index is 2.01. The maximum atomic E-state index is 13.8. The summed E-state index contributed by atoms with van der Waals surface area (Å²) in [6.07, 6.45) is 0. The van der Waals surface area contributed by atoms with Crippen molar-refractivity contribution in [1.82, 2.24) is 0 Å².